The Labute approximate surface area is 573 Å². The highest BCUT2D eigenvalue weighted by molar-refractivity contribution is 7.98. The maximum atomic E-state index is 14.4. The van der Waals surface area contributed by atoms with Crippen molar-refractivity contribution >= 4 is 106 Å². The van der Waals surface area contributed by atoms with Crippen LogP contribution in [0.25, 0.3) is 0 Å². The molecule has 0 aliphatic carbocycles. The molecule has 558 valence electrons. The van der Waals surface area contributed by atoms with Crippen LogP contribution < -0.4 is 104 Å². The summed E-state index contributed by atoms with van der Waals surface area (Å²) in [4.78, 5) is 203. The van der Waals surface area contributed by atoms with E-state index >= 15 is 0 Å². The first-order chi connectivity index (χ1) is 46.6. The lowest BCUT2D eigenvalue weighted by molar-refractivity contribution is -0.143. The van der Waals surface area contributed by atoms with Crippen molar-refractivity contribution in [1.82, 2.24) is 68.5 Å². The molecule has 0 radical (unpaired) electrons. The van der Waals surface area contributed by atoms with Crippen molar-refractivity contribution in [3.8, 4) is 0 Å². The normalized spacial score (nSPS) is 15.0. The monoisotopic (exact) mass is 1430 g/mol. The van der Waals surface area contributed by atoms with E-state index in [0.717, 1.165) is 6.92 Å². The molecule has 1 rings (SSSR count). The number of hydrogen-bond acceptors (Lipinski definition) is 24. The first-order valence-corrected chi connectivity index (χ1v) is 32.7. The maximum absolute atomic E-state index is 14.4. The second kappa shape index (κ2) is 46.6. The Morgan fingerprint density at radius 3 is 1.30 bits per heavy atom. The van der Waals surface area contributed by atoms with Crippen LogP contribution in [0.15, 0.2) is 22.5 Å². The minimum Gasteiger partial charge on any atom is -0.480 e. The number of carboxylic acid groups (broad SMARTS) is 1. The van der Waals surface area contributed by atoms with Gasteiger partial charge in [0.15, 0.2) is 11.9 Å². The van der Waals surface area contributed by atoms with Crippen LogP contribution in [-0.2, 0) is 73.5 Å². The quantitative estimate of drug-likeness (QED) is 0.0164. The maximum Gasteiger partial charge on any atom is 0.326 e. The zero-order chi connectivity index (χ0) is 75.1. The minimum atomic E-state index is -2.07. The molecule has 0 fully saturated rings. The Morgan fingerprint density at radius 1 is 0.495 bits per heavy atom. The van der Waals surface area contributed by atoms with Gasteiger partial charge in [0.25, 0.3) is 0 Å². The number of rotatable bonds is 50. The molecule has 0 aliphatic heterocycles. The predicted molar refractivity (Wildman–Crippen MR) is 355 cm³/mol. The predicted octanol–water partition coefficient (Wildman–Crippen LogP) is -12.2. The van der Waals surface area contributed by atoms with Crippen molar-refractivity contribution in [3.63, 3.8) is 0 Å². The fourth-order valence-electron chi connectivity index (χ4n) is 9.00. The van der Waals surface area contributed by atoms with Gasteiger partial charge in [0, 0.05) is 31.4 Å². The number of nitrogens with zero attached hydrogens (tertiary/aromatic N) is 3. The van der Waals surface area contributed by atoms with Crippen LogP contribution in [0.1, 0.15) is 97.1 Å². The van der Waals surface area contributed by atoms with Gasteiger partial charge in [-0.3, -0.25) is 72.3 Å². The van der Waals surface area contributed by atoms with Crippen LogP contribution in [0.2, 0.25) is 0 Å². The molecule has 1 heterocycles. The summed E-state index contributed by atoms with van der Waals surface area (Å²) in [5.74, 6) is -16.7. The third-order valence-electron chi connectivity index (χ3n) is 14.2. The molecular formula is C56H99N23O19S. The topological polar surface area (TPSA) is 734 Å². The number of H-pyrrole nitrogens is 1. The lowest BCUT2D eigenvalue weighted by Crippen LogP contribution is -2.63. The molecule has 0 unspecified atom stereocenters. The highest BCUT2D eigenvalue weighted by Crippen LogP contribution is 2.13. The summed E-state index contributed by atoms with van der Waals surface area (Å²) >= 11 is 1.37. The number of thioether (sulfide) groups is 1. The summed E-state index contributed by atoms with van der Waals surface area (Å²) in [7, 11) is 0. The molecule has 0 bridgehead atoms. The van der Waals surface area contributed by atoms with Crippen molar-refractivity contribution in [2.45, 2.75) is 176 Å². The summed E-state index contributed by atoms with van der Waals surface area (Å²) < 4.78 is 0. The van der Waals surface area contributed by atoms with Crippen molar-refractivity contribution < 1.29 is 92.7 Å². The average Bonchev–Trinajstić information content (AvgIpc) is 1.30. The second-order valence-corrected chi connectivity index (χ2v) is 24.0. The molecule has 0 saturated carbocycles. The molecule has 0 spiro atoms. The van der Waals surface area contributed by atoms with Gasteiger partial charge in [-0.05, 0) is 89.2 Å². The SMILES string of the molecule is CSCC[C@H](NC(=O)[C@@H](N)CO)C(=O)N[C@@H](CC(C)C)C(=O)N[C@@H](CCCCN)C(=O)N[C@@H](CCCN=C(N)N)C(=O)N[C@@H](CC(N)=O)C(=O)N[C@@H](Cc1cnc[nH]1)C(=O)N[C@@H](CO)C(=O)N[C@H](C(=O)N[C@@H](CO)C(=O)N[C@@H](CC(N)=O)C(=O)N[C@@H](CCCN=C(N)N)C(=O)O)[C@@H](C)O. The third kappa shape index (κ3) is 34.5. The number of aliphatic carboxylic acids is 1. The van der Waals surface area contributed by atoms with Crippen molar-refractivity contribution in [2.24, 2.45) is 61.8 Å². The van der Waals surface area contributed by atoms with E-state index in [1.807, 2.05) is 5.32 Å². The van der Waals surface area contributed by atoms with Gasteiger partial charge < -0.3 is 135 Å². The van der Waals surface area contributed by atoms with Gasteiger partial charge in [0.1, 0.15) is 72.5 Å². The number of nitrogens with two attached hydrogens (primary N) is 8. The molecule has 1 aromatic rings. The van der Waals surface area contributed by atoms with Crippen LogP contribution in [0.4, 0.5) is 0 Å². The molecule has 0 saturated heterocycles. The molecule has 13 atom stereocenters. The van der Waals surface area contributed by atoms with E-state index in [2.05, 4.69) is 73.1 Å². The minimum absolute atomic E-state index is 0.0190. The third-order valence-corrected chi connectivity index (χ3v) is 14.9. The molecule has 13 amide bonds. The molecule has 43 heteroatoms. The number of aliphatic hydroxyl groups excluding tert-OH is 4. The molecular weight excluding hydrogens is 1330 g/mol. The van der Waals surface area contributed by atoms with Crippen molar-refractivity contribution in [3.05, 3.63) is 18.2 Å². The Bertz CT molecular complexity index is 2900. The van der Waals surface area contributed by atoms with E-state index in [9.17, 15) is 92.7 Å². The van der Waals surface area contributed by atoms with Gasteiger partial charge in [-0.2, -0.15) is 11.8 Å². The molecule has 0 aliphatic rings. The van der Waals surface area contributed by atoms with Crippen LogP contribution >= 0.6 is 11.8 Å². The molecule has 1 aromatic heterocycles. The van der Waals surface area contributed by atoms with E-state index in [1.165, 1.54) is 24.3 Å². The highest BCUT2D eigenvalue weighted by Gasteiger charge is 2.38. The number of hydrogen-bond donors (Lipinski definition) is 25. The number of guanidine groups is 2. The fraction of sp³-hybridized carbons (Fsp3) is 0.661. The largest absolute Gasteiger partial charge is 0.480 e. The first-order valence-electron chi connectivity index (χ1n) is 31.3. The lowest BCUT2D eigenvalue weighted by atomic mass is 10.0. The van der Waals surface area contributed by atoms with Gasteiger partial charge in [-0.25, -0.2) is 9.78 Å². The van der Waals surface area contributed by atoms with Crippen LogP contribution in [0, 0.1) is 5.92 Å². The Kier molecular flexibility index (Phi) is 41.2. The zero-order valence-corrected chi connectivity index (χ0v) is 56.3. The molecule has 0 aromatic carbocycles. The average molecular weight is 1430 g/mol. The summed E-state index contributed by atoms with van der Waals surface area (Å²) in [5, 5.41) is 75.9. The lowest BCUT2D eigenvalue weighted by Gasteiger charge is -2.28. The standard InChI is InChI=1S/C56H99N23O19S/c1-26(2)17-34(73-46(89)32(12-16-99-4)69-43(86)29(58)22-80)47(90)71-30(9-5-6-13-57)44(87)70-31(10-7-14-66-55(61)62)45(88)75-37(20-41(60)85)50(93)74-35(18-28-21-65-25-68-28)48(91)77-39(24-82)52(95)79-42(27(3)83)53(96)78-38(23-81)51(94)76-36(19-40(59)84)49(92)72-33(54(97)98)11-8-15-67-56(63)64/h21,25-27,29-39,42,80-83H,5-20,22-24,57-58H2,1-4H3,(H2,59,84)(H2,60,85)(H,65,68)(H,69,86)(H,70,87)(H,71,90)(H,72,92)(H,73,89)(H,74,93)(H,75,88)(H,76,94)(H,77,91)(H,78,96)(H,79,95)(H,97,98)(H4,61,62,66)(H4,63,64,67)/t27-,29+,30+,31+,32+,33+,34+,35+,36+,37+,38+,39+,42+/m1/s1. The number of primary amides is 2. The van der Waals surface area contributed by atoms with Crippen molar-refractivity contribution in [2.75, 3.05) is 51.5 Å². The summed E-state index contributed by atoms with van der Waals surface area (Å²) in [6.07, 6.45) is 0.172. The fourth-order valence-corrected chi connectivity index (χ4v) is 9.47. The molecule has 33 N–H and O–H groups in total. The van der Waals surface area contributed by atoms with E-state index in [-0.39, 0.29) is 94.5 Å². The van der Waals surface area contributed by atoms with Crippen molar-refractivity contribution in [1.29, 1.82) is 0 Å². The van der Waals surface area contributed by atoms with Gasteiger partial charge in [0.2, 0.25) is 76.8 Å². The van der Waals surface area contributed by atoms with Crippen LogP contribution in [0.3, 0.4) is 0 Å². The van der Waals surface area contributed by atoms with Gasteiger partial charge >= 0.3 is 5.97 Å². The van der Waals surface area contributed by atoms with Crippen LogP contribution in [-0.4, -0.2) is 260 Å². The summed E-state index contributed by atoms with van der Waals surface area (Å²) in [6.45, 7) is 1.36. The summed E-state index contributed by atoms with van der Waals surface area (Å²) in [5.41, 5.74) is 44.0. The number of carbonyl (C=O) groups is 14. The molecule has 99 heavy (non-hydrogen) atoms. The van der Waals surface area contributed by atoms with E-state index < -0.39 is 200 Å². The second-order valence-electron chi connectivity index (χ2n) is 23.0. The van der Waals surface area contributed by atoms with E-state index in [4.69, 9.17) is 45.9 Å². The number of amides is 13. The number of aliphatic hydroxyl groups is 4. The zero-order valence-electron chi connectivity index (χ0n) is 55.5. The number of nitrogens with one attached hydrogen (secondary N) is 12. The van der Waals surface area contributed by atoms with E-state index in [1.54, 1.807) is 20.1 Å². The highest BCUT2D eigenvalue weighted by atomic mass is 32.2. The van der Waals surface area contributed by atoms with Gasteiger partial charge in [-0.15, -0.1) is 0 Å². The number of imidazole rings is 1. The van der Waals surface area contributed by atoms with E-state index in [0.29, 0.717) is 12.2 Å². The van der Waals surface area contributed by atoms with Gasteiger partial charge in [-0.1, -0.05) is 13.8 Å². The Hall–Kier alpha value is -9.56. The number of carbonyl (C=O) groups excluding carboxylic acids is 13. The Balaban J connectivity index is 3.60. The number of aromatic amines is 1. The van der Waals surface area contributed by atoms with Gasteiger partial charge in [0.05, 0.1) is 45.1 Å². The summed E-state index contributed by atoms with van der Waals surface area (Å²) in [6, 6.07) is -20.2. The number of carboxylic acids is 1. The first kappa shape index (κ1) is 87.5. The smallest absolute Gasteiger partial charge is 0.326 e. The van der Waals surface area contributed by atoms with Crippen LogP contribution in [0.5, 0.6) is 0 Å². The number of aliphatic imine (C=N–C) groups is 2. The number of aromatic nitrogens is 2. The number of unbranched alkanes of at least 4 members (excludes halogenated alkanes) is 1. The molecule has 42 nitrogen and oxygen atoms in total. The Morgan fingerprint density at radius 2 is 0.879 bits per heavy atom.